The number of rotatable bonds is 5. The first-order chi connectivity index (χ1) is 33.2. The number of fused-ring (bicyclic) bond motifs is 10. The Kier molecular flexibility index (Phi) is 8.56. The van der Waals surface area contributed by atoms with E-state index in [1.54, 1.807) is 0 Å². The first-order valence-corrected chi connectivity index (χ1v) is 24.3. The summed E-state index contributed by atoms with van der Waals surface area (Å²) in [5.74, 6) is 0.720. The number of nitrogens with zero attached hydrogens (tertiary/aromatic N) is 1. The summed E-state index contributed by atoms with van der Waals surface area (Å²) in [5, 5.41) is 15.5. The molecule has 1 aliphatic carbocycles. The lowest BCUT2D eigenvalue weighted by Gasteiger charge is -2.26. The molecule has 0 aliphatic heterocycles. The molecule has 2 heterocycles. The van der Waals surface area contributed by atoms with Crippen LogP contribution in [0.15, 0.2) is 231 Å². The van der Waals surface area contributed by atoms with Crippen molar-refractivity contribution in [3.8, 4) is 39.1 Å². The molecule has 1 nitrogen and oxygen atoms in total. The first kappa shape index (κ1) is 38.3. The van der Waals surface area contributed by atoms with Gasteiger partial charge in [0.15, 0.2) is 0 Å². The summed E-state index contributed by atoms with van der Waals surface area (Å²) in [7, 11) is 0. The van der Waals surface area contributed by atoms with Crippen LogP contribution >= 0.6 is 11.3 Å². The summed E-state index contributed by atoms with van der Waals surface area (Å²) in [5.41, 5.74) is 12.6. The zero-order valence-corrected chi connectivity index (χ0v) is 37.8. The standard InChI is InChI=1S/C65H43NS/c1-40-18-5-6-21-44(40)63-51-27-11-13-29-53(51)64(54-30-14-12-28-52(54)63)56-31-17-33-59-65(56)55-37-35-42(39-60(55)67-59)62-49-25-9-7-23-47(49)61(48-24-8-10-26-50(48)62)41-34-36-46-45-22-15-16-32-57(45)66(58(46)38-41)43-19-3-2-4-20-43/h2-40,44H,1H3. The van der Waals surface area contributed by atoms with Gasteiger partial charge in [0.25, 0.3) is 0 Å². The summed E-state index contributed by atoms with van der Waals surface area (Å²) in [4.78, 5) is 0. The van der Waals surface area contributed by atoms with Crippen LogP contribution in [0.1, 0.15) is 18.4 Å². The molecule has 0 spiro atoms. The molecule has 2 atom stereocenters. The Morgan fingerprint density at radius 1 is 0.373 bits per heavy atom. The van der Waals surface area contributed by atoms with Gasteiger partial charge in [-0.2, -0.15) is 0 Å². The summed E-state index contributed by atoms with van der Waals surface area (Å²) < 4.78 is 5.03. The van der Waals surface area contributed by atoms with Gasteiger partial charge in [0.05, 0.1) is 11.0 Å². The fourth-order valence-electron chi connectivity index (χ4n) is 11.8. The van der Waals surface area contributed by atoms with Crippen molar-refractivity contribution >= 4 is 96.4 Å². The van der Waals surface area contributed by atoms with Crippen LogP contribution in [0.3, 0.4) is 0 Å². The molecule has 2 unspecified atom stereocenters. The molecular formula is C65H43NS. The maximum Gasteiger partial charge on any atom is 0.0547 e. The minimum Gasteiger partial charge on any atom is -0.309 e. The van der Waals surface area contributed by atoms with Gasteiger partial charge in [-0.15, -0.1) is 11.3 Å². The van der Waals surface area contributed by atoms with E-state index in [2.05, 4.69) is 242 Å². The fourth-order valence-corrected chi connectivity index (χ4v) is 13.0. The third-order valence-corrected chi connectivity index (χ3v) is 15.8. The minimum absolute atomic E-state index is 0.308. The zero-order chi connectivity index (χ0) is 44.2. The van der Waals surface area contributed by atoms with Gasteiger partial charge < -0.3 is 4.57 Å². The lowest BCUT2D eigenvalue weighted by molar-refractivity contribution is 0.643. The SMILES string of the molecule is CC1C=CC=CC1c1c2ccccc2c(-c2cccc3sc4cc(-c5c6ccccc6c(-c6ccc7c8ccccc8n(-c8ccccc8)c7c6)c6ccccc56)ccc4c23)c2ccccc12. The topological polar surface area (TPSA) is 4.93 Å². The minimum atomic E-state index is 0.308. The van der Waals surface area contributed by atoms with Crippen LogP contribution in [0.25, 0.3) is 124 Å². The first-order valence-electron chi connectivity index (χ1n) is 23.5. The summed E-state index contributed by atoms with van der Waals surface area (Å²) in [6.07, 6.45) is 9.17. The molecule has 0 saturated carbocycles. The molecule has 0 amide bonds. The van der Waals surface area contributed by atoms with Gasteiger partial charge in [0.2, 0.25) is 0 Å². The monoisotopic (exact) mass is 869 g/mol. The number of benzene rings is 11. The Morgan fingerprint density at radius 2 is 0.881 bits per heavy atom. The van der Waals surface area contributed by atoms with Crippen molar-refractivity contribution in [2.45, 2.75) is 12.8 Å². The van der Waals surface area contributed by atoms with Crippen LogP contribution in [-0.2, 0) is 0 Å². The van der Waals surface area contributed by atoms with Crippen molar-refractivity contribution in [3.05, 3.63) is 236 Å². The molecule has 2 heteroatoms. The maximum atomic E-state index is 2.46. The average molecular weight is 870 g/mol. The second-order valence-electron chi connectivity index (χ2n) is 18.3. The Labute approximate surface area is 392 Å². The molecule has 13 aromatic rings. The van der Waals surface area contributed by atoms with Gasteiger partial charge >= 0.3 is 0 Å². The Morgan fingerprint density at radius 3 is 1.51 bits per heavy atom. The number of aromatic nitrogens is 1. The van der Waals surface area contributed by atoms with Gasteiger partial charge in [0.1, 0.15) is 0 Å². The van der Waals surface area contributed by atoms with Crippen LogP contribution in [-0.4, -0.2) is 4.57 Å². The Balaban J connectivity index is 0.977. The lowest BCUT2D eigenvalue weighted by Crippen LogP contribution is -2.09. The second kappa shape index (κ2) is 15.0. The fraction of sp³-hybridized carbons (Fsp3) is 0.0462. The van der Waals surface area contributed by atoms with Crippen LogP contribution in [0.4, 0.5) is 0 Å². The second-order valence-corrected chi connectivity index (χ2v) is 19.4. The normalized spacial score (nSPS) is 15.1. The van der Waals surface area contributed by atoms with Gasteiger partial charge in [-0.1, -0.05) is 201 Å². The van der Waals surface area contributed by atoms with Crippen molar-refractivity contribution in [2.24, 2.45) is 5.92 Å². The molecule has 1 aliphatic rings. The molecule has 0 saturated heterocycles. The van der Waals surface area contributed by atoms with Gasteiger partial charge in [-0.3, -0.25) is 0 Å². The largest absolute Gasteiger partial charge is 0.309 e. The van der Waals surface area contributed by atoms with Crippen molar-refractivity contribution in [1.82, 2.24) is 4.57 Å². The molecule has 2 aromatic heterocycles. The number of hydrogen-bond donors (Lipinski definition) is 0. The van der Waals surface area contributed by atoms with E-state index in [4.69, 9.17) is 0 Å². The van der Waals surface area contributed by atoms with E-state index in [-0.39, 0.29) is 0 Å². The van der Waals surface area contributed by atoms with Crippen LogP contribution in [0, 0.1) is 5.92 Å². The molecule has 0 fully saturated rings. The van der Waals surface area contributed by atoms with E-state index < -0.39 is 0 Å². The van der Waals surface area contributed by atoms with E-state index in [1.807, 2.05) is 11.3 Å². The summed E-state index contributed by atoms with van der Waals surface area (Å²) >= 11 is 1.91. The van der Waals surface area contributed by atoms with Gasteiger partial charge in [-0.25, -0.2) is 0 Å². The predicted molar refractivity (Wildman–Crippen MR) is 290 cm³/mol. The van der Waals surface area contributed by atoms with Crippen molar-refractivity contribution in [2.75, 3.05) is 0 Å². The lowest BCUT2D eigenvalue weighted by atomic mass is 9.77. The van der Waals surface area contributed by atoms with E-state index in [0.29, 0.717) is 11.8 Å². The number of para-hydroxylation sites is 2. The van der Waals surface area contributed by atoms with Crippen molar-refractivity contribution in [3.63, 3.8) is 0 Å². The van der Waals surface area contributed by atoms with E-state index in [0.717, 1.165) is 0 Å². The Hall–Kier alpha value is -8.04. The van der Waals surface area contributed by atoms with Crippen LogP contribution in [0.5, 0.6) is 0 Å². The van der Waals surface area contributed by atoms with E-state index >= 15 is 0 Å². The summed E-state index contributed by atoms with van der Waals surface area (Å²) in [6, 6.07) is 77.2. The average Bonchev–Trinajstić information content (AvgIpc) is 3.93. The third kappa shape index (κ3) is 5.73. The molecule has 0 radical (unpaired) electrons. The summed E-state index contributed by atoms with van der Waals surface area (Å²) in [6.45, 7) is 2.35. The number of allylic oxidation sites excluding steroid dienone is 4. The van der Waals surface area contributed by atoms with Gasteiger partial charge in [-0.05, 0) is 124 Å². The van der Waals surface area contributed by atoms with Crippen molar-refractivity contribution < 1.29 is 0 Å². The van der Waals surface area contributed by atoms with Crippen LogP contribution < -0.4 is 0 Å². The third-order valence-electron chi connectivity index (χ3n) is 14.7. The van der Waals surface area contributed by atoms with Crippen LogP contribution in [0.2, 0.25) is 0 Å². The smallest absolute Gasteiger partial charge is 0.0547 e. The molecule has 0 bridgehead atoms. The molecule has 314 valence electrons. The zero-order valence-electron chi connectivity index (χ0n) is 36.9. The highest BCUT2D eigenvalue weighted by atomic mass is 32.1. The number of hydrogen-bond acceptors (Lipinski definition) is 1. The quantitative estimate of drug-likeness (QED) is 0.152. The highest BCUT2D eigenvalue weighted by Crippen LogP contribution is 2.50. The molecule has 11 aromatic carbocycles. The van der Waals surface area contributed by atoms with Crippen molar-refractivity contribution in [1.29, 1.82) is 0 Å². The van der Waals surface area contributed by atoms with E-state index in [1.165, 1.54) is 130 Å². The molecule has 14 rings (SSSR count). The van der Waals surface area contributed by atoms with Gasteiger partial charge in [0, 0.05) is 42.6 Å². The molecule has 0 N–H and O–H groups in total. The van der Waals surface area contributed by atoms with E-state index in [9.17, 15) is 0 Å². The number of thiophene rings is 1. The predicted octanol–water partition coefficient (Wildman–Crippen LogP) is 18.6. The molecular weight excluding hydrogens is 827 g/mol. The highest BCUT2D eigenvalue weighted by Gasteiger charge is 2.26. The highest BCUT2D eigenvalue weighted by molar-refractivity contribution is 7.26. The maximum absolute atomic E-state index is 2.46. The Bertz CT molecular complexity index is 4120. The molecule has 67 heavy (non-hydrogen) atoms.